The summed E-state index contributed by atoms with van der Waals surface area (Å²) in [7, 11) is 0. The largest absolute Gasteiger partial charge is 0.418 e. The zero-order valence-corrected chi connectivity index (χ0v) is 18.9. The quantitative estimate of drug-likeness (QED) is 0.302. The van der Waals surface area contributed by atoms with Crippen LogP contribution in [0.15, 0.2) is 55.0 Å². The summed E-state index contributed by atoms with van der Waals surface area (Å²) in [5.41, 5.74) is -1.14. The molecule has 0 spiro atoms. The lowest BCUT2D eigenvalue weighted by Gasteiger charge is -2.16. The van der Waals surface area contributed by atoms with Crippen LogP contribution in [0.25, 0.3) is 0 Å². The van der Waals surface area contributed by atoms with Gasteiger partial charge >= 0.3 is 6.18 Å². The van der Waals surface area contributed by atoms with E-state index in [0.717, 1.165) is 12.1 Å². The van der Waals surface area contributed by atoms with Gasteiger partial charge in [-0.15, -0.1) is 0 Å². The first-order valence-electron chi connectivity index (χ1n) is 10.6. The van der Waals surface area contributed by atoms with Crippen LogP contribution in [0.1, 0.15) is 40.9 Å². The van der Waals surface area contributed by atoms with Gasteiger partial charge in [-0.05, 0) is 49.2 Å². The zero-order valence-electron chi connectivity index (χ0n) is 18.1. The molecule has 2 aromatic heterocycles. The maximum Gasteiger partial charge on any atom is 0.418 e. The van der Waals surface area contributed by atoms with Crippen LogP contribution < -0.4 is 10.6 Å². The van der Waals surface area contributed by atoms with E-state index in [2.05, 4.69) is 20.6 Å². The molecule has 0 atom stereocenters. The highest BCUT2D eigenvalue weighted by atomic mass is 35.5. The maximum absolute atomic E-state index is 13.3. The van der Waals surface area contributed by atoms with Crippen molar-refractivity contribution in [1.82, 2.24) is 15.3 Å². The Labute approximate surface area is 202 Å². The Morgan fingerprint density at radius 1 is 1.06 bits per heavy atom. The van der Waals surface area contributed by atoms with E-state index in [4.69, 9.17) is 11.6 Å². The van der Waals surface area contributed by atoms with Crippen molar-refractivity contribution in [3.05, 3.63) is 82.6 Å². The Morgan fingerprint density at radius 2 is 1.83 bits per heavy atom. The number of carbonyl (C=O) groups excluding carboxylic acids is 2. The molecular weight excluding hydrogens is 488 g/mol. The molecule has 11 heteroatoms. The molecule has 35 heavy (non-hydrogen) atoms. The van der Waals surface area contributed by atoms with Crippen molar-refractivity contribution in [1.29, 1.82) is 0 Å². The van der Waals surface area contributed by atoms with Gasteiger partial charge in [0.1, 0.15) is 5.82 Å². The van der Waals surface area contributed by atoms with Crippen molar-refractivity contribution in [3.63, 3.8) is 0 Å². The second kappa shape index (κ2) is 9.61. The first kappa shape index (κ1) is 24.6. The minimum absolute atomic E-state index is 0.0380. The third-order valence-electron chi connectivity index (χ3n) is 5.68. The van der Waals surface area contributed by atoms with Gasteiger partial charge in [0, 0.05) is 24.4 Å². The Bertz CT molecular complexity index is 1260. The molecule has 0 unspecified atom stereocenters. The van der Waals surface area contributed by atoms with Crippen LogP contribution in [0.2, 0.25) is 5.02 Å². The fourth-order valence-electron chi connectivity index (χ4n) is 3.59. The second-order valence-electron chi connectivity index (χ2n) is 8.31. The molecule has 1 aliphatic rings. The number of hydrogen-bond acceptors (Lipinski definition) is 5. The van der Waals surface area contributed by atoms with Crippen LogP contribution in [0, 0.1) is 11.2 Å². The van der Waals surface area contributed by atoms with Crippen molar-refractivity contribution in [2.75, 3.05) is 5.32 Å². The number of benzene rings is 1. The number of nitrogens with one attached hydrogen (secondary N) is 2. The number of pyridine rings is 2. The van der Waals surface area contributed by atoms with Crippen LogP contribution >= 0.6 is 11.6 Å². The second-order valence-corrected chi connectivity index (χ2v) is 8.74. The van der Waals surface area contributed by atoms with Crippen molar-refractivity contribution < 1.29 is 27.2 Å². The van der Waals surface area contributed by atoms with Crippen molar-refractivity contribution >= 4 is 34.7 Å². The van der Waals surface area contributed by atoms with Crippen molar-refractivity contribution in [2.24, 2.45) is 5.41 Å². The number of Topliss-reactive ketones (excluding diaryl/α,β-unsaturated/α-hetero) is 1. The van der Waals surface area contributed by atoms with Crippen molar-refractivity contribution in [3.8, 4) is 0 Å². The van der Waals surface area contributed by atoms with Gasteiger partial charge in [-0.3, -0.25) is 19.6 Å². The monoisotopic (exact) mass is 506 g/mol. The van der Waals surface area contributed by atoms with Gasteiger partial charge in [0.25, 0.3) is 0 Å². The Balaban J connectivity index is 1.35. The molecule has 6 nitrogen and oxygen atoms in total. The van der Waals surface area contributed by atoms with Crippen LogP contribution in [-0.4, -0.2) is 21.7 Å². The summed E-state index contributed by atoms with van der Waals surface area (Å²) in [6.45, 7) is 0.0815. The first-order valence-corrected chi connectivity index (χ1v) is 10.9. The minimum atomic E-state index is -4.73. The van der Waals surface area contributed by atoms with E-state index in [9.17, 15) is 27.2 Å². The van der Waals surface area contributed by atoms with E-state index in [1.165, 1.54) is 30.7 Å². The third kappa shape index (κ3) is 5.94. The summed E-state index contributed by atoms with van der Waals surface area (Å²) in [6, 6.07) is 6.90. The number of aromatic nitrogens is 2. The number of rotatable bonds is 8. The van der Waals surface area contributed by atoms with Gasteiger partial charge in [0.05, 0.1) is 45.8 Å². The van der Waals surface area contributed by atoms with Gasteiger partial charge < -0.3 is 10.6 Å². The SMILES string of the molecule is O=C(CC1(C(=O)NCc2ccc(Nc3ccc(F)cc3C(F)(F)F)cn2)CC1)c1cncc(Cl)c1. The zero-order chi connectivity index (χ0) is 25.2. The topological polar surface area (TPSA) is 84.0 Å². The Morgan fingerprint density at radius 3 is 2.46 bits per heavy atom. The molecular formula is C24H19ClF4N4O2. The smallest absolute Gasteiger partial charge is 0.354 e. The molecule has 1 fully saturated rings. The van der Waals surface area contributed by atoms with E-state index in [-0.39, 0.29) is 36.0 Å². The van der Waals surface area contributed by atoms with Crippen LogP contribution in [0.3, 0.4) is 0 Å². The number of halogens is 5. The number of ketones is 1. The molecule has 3 aromatic rings. The lowest BCUT2D eigenvalue weighted by molar-refractivity contribution is -0.137. The average Bonchev–Trinajstić information content (AvgIpc) is 3.59. The standard InChI is InChI=1S/C24H19ClF4N4O2/c25-15-7-14(10-30-11-15)21(34)9-23(5-6-23)22(35)32-12-17-2-3-18(13-31-17)33-20-4-1-16(26)8-19(20)24(27,28)29/h1-4,7-8,10-11,13,33H,5-6,9,12H2,(H,32,35). The van der Waals surface area contributed by atoms with Gasteiger partial charge in [0.15, 0.2) is 5.78 Å². The van der Waals surface area contributed by atoms with E-state index in [1.807, 2.05) is 0 Å². The molecule has 0 bridgehead atoms. The normalized spacial score (nSPS) is 14.3. The van der Waals surface area contributed by atoms with Gasteiger partial charge in [0.2, 0.25) is 5.91 Å². The summed E-state index contributed by atoms with van der Waals surface area (Å²) in [5, 5.41) is 5.69. The number of alkyl halides is 3. The highest BCUT2D eigenvalue weighted by molar-refractivity contribution is 6.30. The minimum Gasteiger partial charge on any atom is -0.354 e. The number of amides is 1. The van der Waals surface area contributed by atoms with Gasteiger partial charge in [-0.25, -0.2) is 4.39 Å². The number of carbonyl (C=O) groups is 2. The van der Waals surface area contributed by atoms with Crippen LogP contribution in [0.5, 0.6) is 0 Å². The Kier molecular flexibility index (Phi) is 6.75. The number of hydrogen-bond donors (Lipinski definition) is 2. The molecule has 182 valence electrons. The van der Waals surface area contributed by atoms with E-state index in [0.29, 0.717) is 35.2 Å². The predicted molar refractivity (Wildman–Crippen MR) is 121 cm³/mol. The van der Waals surface area contributed by atoms with Gasteiger partial charge in [-0.2, -0.15) is 13.2 Å². The summed E-state index contributed by atoms with van der Waals surface area (Å²) in [6.07, 6.45) is 0.601. The van der Waals surface area contributed by atoms with E-state index in [1.54, 1.807) is 6.07 Å². The molecule has 4 rings (SSSR count). The highest BCUT2D eigenvalue weighted by Crippen LogP contribution is 2.49. The van der Waals surface area contributed by atoms with E-state index >= 15 is 0 Å². The lowest BCUT2D eigenvalue weighted by Crippen LogP contribution is -2.33. The molecule has 0 saturated heterocycles. The van der Waals surface area contributed by atoms with Crippen LogP contribution in [-0.2, 0) is 17.5 Å². The summed E-state index contributed by atoms with van der Waals surface area (Å²) < 4.78 is 52.8. The summed E-state index contributed by atoms with van der Waals surface area (Å²) >= 11 is 5.88. The highest BCUT2D eigenvalue weighted by Gasteiger charge is 2.51. The van der Waals surface area contributed by atoms with Gasteiger partial charge in [-0.1, -0.05) is 11.6 Å². The molecule has 1 aliphatic carbocycles. The molecule has 1 aromatic carbocycles. The molecule has 0 radical (unpaired) electrons. The molecule has 2 heterocycles. The van der Waals surface area contributed by atoms with Crippen molar-refractivity contribution in [2.45, 2.75) is 32.0 Å². The molecule has 1 amide bonds. The van der Waals surface area contributed by atoms with E-state index < -0.39 is 23.0 Å². The van der Waals surface area contributed by atoms with Crippen LogP contribution in [0.4, 0.5) is 28.9 Å². The lowest BCUT2D eigenvalue weighted by atomic mass is 9.95. The first-order chi connectivity index (χ1) is 16.6. The molecule has 0 aliphatic heterocycles. The average molecular weight is 507 g/mol. The Hall–Kier alpha value is -3.53. The summed E-state index contributed by atoms with van der Waals surface area (Å²) in [4.78, 5) is 33.3. The maximum atomic E-state index is 13.3. The fourth-order valence-corrected chi connectivity index (χ4v) is 3.76. The molecule has 1 saturated carbocycles. The number of nitrogens with zero attached hydrogens (tertiary/aromatic N) is 2. The third-order valence-corrected chi connectivity index (χ3v) is 5.89. The predicted octanol–water partition coefficient (Wildman–Crippen LogP) is 5.70. The summed E-state index contributed by atoms with van der Waals surface area (Å²) in [5.74, 6) is -1.49. The molecule has 2 N–H and O–H groups in total. The number of anilines is 2. The fraction of sp³-hybridized carbons (Fsp3) is 0.250.